The largest absolute Gasteiger partial charge is 0.481 e. The van der Waals surface area contributed by atoms with Crippen LogP contribution in [0.15, 0.2) is 0 Å². The predicted octanol–water partition coefficient (Wildman–Crippen LogP) is 1.18. The van der Waals surface area contributed by atoms with E-state index in [0.29, 0.717) is 0 Å². The Kier molecular flexibility index (Phi) is 4.97. The van der Waals surface area contributed by atoms with Crippen LogP contribution < -0.4 is 0 Å². The molecule has 0 bridgehead atoms. The summed E-state index contributed by atoms with van der Waals surface area (Å²) in [6, 6.07) is 0. The summed E-state index contributed by atoms with van der Waals surface area (Å²) in [6.07, 6.45) is -0.682. The van der Waals surface area contributed by atoms with Gasteiger partial charge in [0.2, 0.25) is 0 Å². The Balaban J connectivity index is 4.01. The first kappa shape index (κ1) is 12.7. The van der Waals surface area contributed by atoms with Crippen molar-refractivity contribution in [3.8, 4) is 0 Å². The quantitative estimate of drug-likeness (QED) is 0.745. The maximum Gasteiger partial charge on any atom is 0.409 e. The van der Waals surface area contributed by atoms with E-state index in [1.54, 1.807) is 20.8 Å². The Morgan fingerprint density at radius 3 is 2.21 bits per heavy atom. The van der Waals surface area contributed by atoms with Crippen molar-refractivity contribution >= 4 is 12.1 Å². The minimum absolute atomic E-state index is 0.154. The molecule has 0 saturated carbocycles. The van der Waals surface area contributed by atoms with Gasteiger partial charge >= 0.3 is 12.1 Å². The molecular weight excluding hydrogens is 186 g/mol. The van der Waals surface area contributed by atoms with Crippen LogP contribution in [0, 0.1) is 5.92 Å². The summed E-state index contributed by atoms with van der Waals surface area (Å²) in [5, 5.41) is 8.62. The molecular formula is C9H17NO4. The van der Waals surface area contributed by atoms with Gasteiger partial charge in [-0.05, 0) is 13.8 Å². The molecule has 5 nitrogen and oxygen atoms in total. The Labute approximate surface area is 83.6 Å². The van der Waals surface area contributed by atoms with Gasteiger partial charge < -0.3 is 14.7 Å². The zero-order valence-corrected chi connectivity index (χ0v) is 8.98. The fourth-order valence-corrected chi connectivity index (χ4v) is 0.855. The van der Waals surface area contributed by atoms with E-state index >= 15 is 0 Å². The molecule has 0 aliphatic carbocycles. The van der Waals surface area contributed by atoms with E-state index in [9.17, 15) is 9.59 Å². The second kappa shape index (κ2) is 5.47. The smallest absolute Gasteiger partial charge is 0.409 e. The van der Waals surface area contributed by atoms with Crippen molar-refractivity contribution in [3.05, 3.63) is 0 Å². The van der Waals surface area contributed by atoms with E-state index in [0.717, 1.165) is 0 Å². The number of carboxylic acids is 1. The van der Waals surface area contributed by atoms with Crippen molar-refractivity contribution in [1.82, 2.24) is 4.90 Å². The molecule has 0 rings (SSSR count). The van der Waals surface area contributed by atoms with Crippen LogP contribution in [-0.4, -0.2) is 41.8 Å². The average molecular weight is 203 g/mol. The molecule has 0 spiro atoms. The van der Waals surface area contributed by atoms with Crippen LogP contribution in [0.25, 0.3) is 0 Å². The highest BCUT2D eigenvalue weighted by atomic mass is 16.6. The lowest BCUT2D eigenvalue weighted by molar-refractivity contribution is -0.141. The Morgan fingerprint density at radius 2 is 1.86 bits per heavy atom. The molecule has 14 heavy (non-hydrogen) atoms. The van der Waals surface area contributed by atoms with Crippen LogP contribution in [-0.2, 0) is 9.53 Å². The summed E-state index contributed by atoms with van der Waals surface area (Å²) in [6.45, 7) is 5.18. The van der Waals surface area contributed by atoms with E-state index in [2.05, 4.69) is 0 Å². The zero-order chi connectivity index (χ0) is 11.3. The topological polar surface area (TPSA) is 66.8 Å². The van der Waals surface area contributed by atoms with Crippen molar-refractivity contribution in [2.75, 3.05) is 13.6 Å². The molecule has 1 N–H and O–H groups in total. The second-order valence-electron chi connectivity index (χ2n) is 3.55. The van der Waals surface area contributed by atoms with Gasteiger partial charge in [0, 0.05) is 13.6 Å². The van der Waals surface area contributed by atoms with E-state index in [4.69, 9.17) is 9.84 Å². The van der Waals surface area contributed by atoms with Gasteiger partial charge in [-0.25, -0.2) is 4.79 Å². The fraction of sp³-hybridized carbons (Fsp3) is 0.778. The number of carboxylic acid groups (broad SMARTS) is 1. The second-order valence-corrected chi connectivity index (χ2v) is 3.55. The number of nitrogens with zero attached hydrogens (tertiary/aromatic N) is 1. The molecule has 0 fully saturated rings. The predicted molar refractivity (Wildman–Crippen MR) is 51.0 cm³/mol. The van der Waals surface area contributed by atoms with Gasteiger partial charge in [0.15, 0.2) is 0 Å². The number of hydrogen-bond acceptors (Lipinski definition) is 3. The third-order valence-electron chi connectivity index (χ3n) is 1.62. The van der Waals surface area contributed by atoms with Crippen LogP contribution in [0.5, 0.6) is 0 Å². The van der Waals surface area contributed by atoms with Crippen LogP contribution in [0.4, 0.5) is 4.79 Å². The zero-order valence-electron chi connectivity index (χ0n) is 8.98. The van der Waals surface area contributed by atoms with Crippen LogP contribution >= 0.6 is 0 Å². The summed E-state index contributed by atoms with van der Waals surface area (Å²) in [5.74, 6) is -1.51. The van der Waals surface area contributed by atoms with Crippen molar-refractivity contribution in [2.45, 2.75) is 26.9 Å². The molecule has 0 aliphatic heterocycles. The third kappa shape index (κ3) is 4.69. The highest BCUT2D eigenvalue weighted by Gasteiger charge is 2.18. The first-order chi connectivity index (χ1) is 6.34. The number of rotatable bonds is 4. The fourth-order valence-electron chi connectivity index (χ4n) is 0.855. The Hall–Kier alpha value is -1.26. The highest BCUT2D eigenvalue weighted by molar-refractivity contribution is 5.72. The highest BCUT2D eigenvalue weighted by Crippen LogP contribution is 2.01. The van der Waals surface area contributed by atoms with E-state index in [1.165, 1.54) is 11.9 Å². The molecule has 0 aromatic heterocycles. The summed E-state index contributed by atoms with van der Waals surface area (Å²) in [7, 11) is 1.52. The summed E-state index contributed by atoms with van der Waals surface area (Å²) in [5.41, 5.74) is 0. The van der Waals surface area contributed by atoms with E-state index in [-0.39, 0.29) is 12.6 Å². The number of amides is 1. The first-order valence-corrected chi connectivity index (χ1v) is 4.49. The monoisotopic (exact) mass is 203 g/mol. The van der Waals surface area contributed by atoms with Gasteiger partial charge in [0.1, 0.15) is 0 Å². The molecule has 0 aliphatic rings. The normalized spacial score (nSPS) is 12.4. The van der Waals surface area contributed by atoms with Crippen LogP contribution in [0.3, 0.4) is 0 Å². The van der Waals surface area contributed by atoms with Crippen molar-refractivity contribution in [2.24, 2.45) is 5.92 Å². The number of aliphatic carboxylic acids is 1. The Morgan fingerprint density at radius 1 is 1.36 bits per heavy atom. The number of hydrogen-bond donors (Lipinski definition) is 1. The average Bonchev–Trinajstić information content (AvgIpc) is 2.02. The van der Waals surface area contributed by atoms with Gasteiger partial charge in [0.25, 0.3) is 0 Å². The lowest BCUT2D eigenvalue weighted by Crippen LogP contribution is -2.35. The molecule has 0 aromatic rings. The van der Waals surface area contributed by atoms with Crippen LogP contribution in [0.2, 0.25) is 0 Å². The van der Waals surface area contributed by atoms with E-state index < -0.39 is 18.0 Å². The molecule has 82 valence electrons. The third-order valence-corrected chi connectivity index (χ3v) is 1.62. The van der Waals surface area contributed by atoms with Gasteiger partial charge in [-0.2, -0.15) is 0 Å². The number of carbonyl (C=O) groups excluding carboxylic acids is 1. The summed E-state index contributed by atoms with van der Waals surface area (Å²) < 4.78 is 4.89. The number of ether oxygens (including phenoxy) is 1. The lowest BCUT2D eigenvalue weighted by atomic mass is 10.2. The van der Waals surface area contributed by atoms with Crippen molar-refractivity contribution < 1.29 is 19.4 Å². The minimum Gasteiger partial charge on any atom is -0.481 e. The van der Waals surface area contributed by atoms with E-state index in [1.807, 2.05) is 0 Å². The first-order valence-electron chi connectivity index (χ1n) is 4.49. The molecule has 0 radical (unpaired) electrons. The standard InChI is InChI=1S/C9H17NO4/c1-6(2)14-9(13)10(4)5-7(3)8(11)12/h6-7H,5H2,1-4H3,(H,11,12). The molecule has 5 heteroatoms. The lowest BCUT2D eigenvalue weighted by Gasteiger charge is -2.20. The SMILES string of the molecule is CC(C)OC(=O)N(C)CC(C)C(=O)O. The molecule has 1 amide bonds. The van der Waals surface area contributed by atoms with Crippen LogP contribution in [0.1, 0.15) is 20.8 Å². The summed E-state index contributed by atoms with van der Waals surface area (Å²) >= 11 is 0. The maximum absolute atomic E-state index is 11.2. The molecule has 1 atom stereocenters. The minimum atomic E-state index is -0.922. The molecule has 0 heterocycles. The summed E-state index contributed by atoms with van der Waals surface area (Å²) in [4.78, 5) is 23.0. The molecule has 0 saturated heterocycles. The van der Waals surface area contributed by atoms with Crippen molar-refractivity contribution in [1.29, 1.82) is 0 Å². The van der Waals surface area contributed by atoms with Gasteiger partial charge in [0.05, 0.1) is 12.0 Å². The maximum atomic E-state index is 11.2. The van der Waals surface area contributed by atoms with Gasteiger partial charge in [-0.1, -0.05) is 6.92 Å². The van der Waals surface area contributed by atoms with Gasteiger partial charge in [-0.3, -0.25) is 4.79 Å². The number of carbonyl (C=O) groups is 2. The van der Waals surface area contributed by atoms with Gasteiger partial charge in [-0.15, -0.1) is 0 Å². The Bertz CT molecular complexity index is 215. The molecule has 0 aromatic carbocycles. The van der Waals surface area contributed by atoms with Crippen molar-refractivity contribution in [3.63, 3.8) is 0 Å². The molecule has 1 unspecified atom stereocenters.